The molecule has 3 aliphatic carbocycles. The number of phenolic OH excluding ortho intramolecular Hbond substituents is 1. The third-order valence-electron chi connectivity index (χ3n) is 7.83. The fraction of sp³-hybridized carbons (Fsp3) is 0.480. The molecule has 1 saturated carbocycles. The van der Waals surface area contributed by atoms with Crippen LogP contribution in [0.2, 0.25) is 0 Å². The smallest absolute Gasteiger partial charge is 0.255 e. The highest BCUT2D eigenvalue weighted by atomic mass is 16.4. The summed E-state index contributed by atoms with van der Waals surface area (Å²) >= 11 is 0. The van der Waals surface area contributed by atoms with Gasteiger partial charge < -0.3 is 31.3 Å². The summed E-state index contributed by atoms with van der Waals surface area (Å²) in [6.45, 7) is 3.78. The second kappa shape index (κ2) is 8.52. The Bertz CT molecular complexity index is 1260. The summed E-state index contributed by atoms with van der Waals surface area (Å²) < 4.78 is 0. The molecule has 0 spiro atoms. The lowest BCUT2D eigenvalue weighted by Gasteiger charge is -2.48. The van der Waals surface area contributed by atoms with Gasteiger partial charge in [-0.1, -0.05) is 31.2 Å². The maximum atomic E-state index is 13.6. The molecular formula is C25H28N2O9. The Balaban J connectivity index is 1.88. The zero-order valence-electron chi connectivity index (χ0n) is 19.8. The van der Waals surface area contributed by atoms with Crippen molar-refractivity contribution in [2.24, 2.45) is 22.7 Å². The normalized spacial score (nSPS) is 27.9. The summed E-state index contributed by atoms with van der Waals surface area (Å²) in [7, 11) is 0. The number of benzene rings is 1. The monoisotopic (exact) mass is 500 g/mol. The number of aliphatic hydroxyl groups is 4. The third-order valence-corrected chi connectivity index (χ3v) is 7.83. The molecule has 3 aliphatic rings. The molecule has 1 fully saturated rings. The van der Waals surface area contributed by atoms with Crippen LogP contribution >= 0.6 is 0 Å². The highest BCUT2D eigenvalue weighted by Crippen LogP contribution is 2.53. The van der Waals surface area contributed by atoms with E-state index in [1.165, 1.54) is 0 Å². The number of carbonyl (C=O) groups excluding carboxylic acids is 3. The Labute approximate surface area is 205 Å². The van der Waals surface area contributed by atoms with Gasteiger partial charge in [-0.25, -0.2) is 0 Å². The summed E-state index contributed by atoms with van der Waals surface area (Å²) in [6, 6.07) is 3.33. The molecule has 192 valence electrons. The number of nitrogens with two attached hydrogens (primary N) is 1. The quantitative estimate of drug-likeness (QED) is 0.188. The number of amides is 1. The zero-order valence-corrected chi connectivity index (χ0v) is 19.8. The van der Waals surface area contributed by atoms with Crippen molar-refractivity contribution in [2.75, 3.05) is 6.54 Å². The molecule has 0 unspecified atom stereocenters. The molecule has 4 atom stereocenters. The highest BCUT2D eigenvalue weighted by molar-refractivity contribution is 6.22. The number of rotatable bonds is 6. The summed E-state index contributed by atoms with van der Waals surface area (Å²) in [5.74, 6) is -8.17. The first kappa shape index (κ1) is 25.5. The first-order chi connectivity index (χ1) is 16.8. The van der Waals surface area contributed by atoms with Crippen LogP contribution in [-0.2, 0) is 26.2 Å². The Hall–Kier alpha value is -3.57. The van der Waals surface area contributed by atoms with Crippen molar-refractivity contribution in [1.29, 1.82) is 0 Å². The van der Waals surface area contributed by atoms with Gasteiger partial charge in [-0.2, -0.15) is 4.91 Å². The number of hydrogen-bond donors (Lipinski definition) is 6. The number of phenols is 1. The highest BCUT2D eigenvalue weighted by Gasteiger charge is 2.63. The van der Waals surface area contributed by atoms with Crippen LogP contribution in [0.1, 0.15) is 49.8 Å². The Morgan fingerprint density at radius 2 is 1.86 bits per heavy atom. The molecule has 1 aromatic carbocycles. The molecule has 1 amide bonds. The van der Waals surface area contributed by atoms with E-state index in [4.69, 9.17) is 5.73 Å². The Kier molecular flexibility index (Phi) is 6.04. The molecule has 11 nitrogen and oxygen atoms in total. The molecule has 0 heterocycles. The second-order valence-electron chi connectivity index (χ2n) is 10.3. The molecule has 4 rings (SSSR count). The third kappa shape index (κ3) is 3.45. The maximum absolute atomic E-state index is 13.6. The molecule has 36 heavy (non-hydrogen) atoms. The van der Waals surface area contributed by atoms with Crippen molar-refractivity contribution in [3.8, 4) is 5.75 Å². The zero-order chi connectivity index (χ0) is 26.7. The Morgan fingerprint density at radius 1 is 1.19 bits per heavy atom. The lowest BCUT2D eigenvalue weighted by molar-refractivity contribution is -0.159. The van der Waals surface area contributed by atoms with E-state index in [0.717, 1.165) is 0 Å². The van der Waals surface area contributed by atoms with Crippen molar-refractivity contribution in [1.82, 2.24) is 0 Å². The van der Waals surface area contributed by atoms with Gasteiger partial charge in [0.1, 0.15) is 22.8 Å². The molecule has 0 saturated heterocycles. The maximum Gasteiger partial charge on any atom is 0.255 e. The summed E-state index contributed by atoms with van der Waals surface area (Å²) in [5.41, 5.74) is 1.16. The van der Waals surface area contributed by atoms with Gasteiger partial charge in [0.15, 0.2) is 11.4 Å². The van der Waals surface area contributed by atoms with E-state index in [-0.39, 0.29) is 24.3 Å². The fourth-order valence-corrected chi connectivity index (χ4v) is 5.88. The lowest BCUT2D eigenvalue weighted by Crippen LogP contribution is -2.63. The number of primary amides is 1. The number of carbonyl (C=O) groups is 3. The van der Waals surface area contributed by atoms with Crippen LogP contribution in [0.4, 0.5) is 0 Å². The molecule has 1 aromatic rings. The average molecular weight is 501 g/mol. The van der Waals surface area contributed by atoms with Crippen LogP contribution in [0.15, 0.2) is 34.2 Å². The van der Waals surface area contributed by atoms with E-state index in [2.05, 4.69) is 5.18 Å². The molecule has 0 bridgehead atoms. The number of aliphatic hydroxyl groups excluding tert-OH is 3. The van der Waals surface area contributed by atoms with E-state index in [0.29, 0.717) is 24.0 Å². The number of nitroso groups, excluding NO2 is 1. The predicted octanol–water partition coefficient (Wildman–Crippen LogP) is 1.22. The topological polar surface area (TPSA) is 208 Å². The average Bonchev–Trinajstić information content (AvgIpc) is 2.79. The second-order valence-corrected chi connectivity index (χ2v) is 10.3. The number of aromatic hydroxyl groups is 1. The van der Waals surface area contributed by atoms with Crippen molar-refractivity contribution >= 4 is 23.2 Å². The number of hydrogen-bond acceptors (Lipinski definition) is 10. The first-order valence-corrected chi connectivity index (χ1v) is 11.6. The van der Waals surface area contributed by atoms with Gasteiger partial charge in [-0.3, -0.25) is 14.4 Å². The van der Waals surface area contributed by atoms with Gasteiger partial charge in [0.25, 0.3) is 5.91 Å². The molecule has 0 aromatic heterocycles. The molecular weight excluding hydrogens is 472 g/mol. The van der Waals surface area contributed by atoms with Crippen molar-refractivity contribution < 1.29 is 39.9 Å². The SMILES string of the molecule is CC(C)(CCCN=O)c1ccc2c(c1O)C(O)=C1C(=O)[C@]3(O)C(O)=C(C(N)=O)C(=O)C[C@@H]3[C@@H](O)[C@@H]1C2. The molecule has 0 radical (unpaired) electrons. The Morgan fingerprint density at radius 3 is 2.47 bits per heavy atom. The number of ketones is 2. The summed E-state index contributed by atoms with van der Waals surface area (Å²) in [6.07, 6.45) is -1.20. The van der Waals surface area contributed by atoms with Crippen molar-refractivity contribution in [3.05, 3.63) is 50.6 Å². The minimum absolute atomic E-state index is 0.00110. The minimum atomic E-state index is -2.86. The van der Waals surface area contributed by atoms with E-state index in [9.17, 15) is 44.8 Å². The fourth-order valence-electron chi connectivity index (χ4n) is 5.88. The van der Waals surface area contributed by atoms with Crippen LogP contribution in [0.5, 0.6) is 5.75 Å². The van der Waals surface area contributed by atoms with Gasteiger partial charge >= 0.3 is 0 Å². The number of fused-ring (bicyclic) bond motifs is 3. The summed E-state index contributed by atoms with van der Waals surface area (Å²) in [5, 5.41) is 58.2. The standard InChI is InChI=1S/C25H28N2O9/c1-24(2,6-3-7-27-36)12-5-4-10-8-11-16(20(31)15(10)19(12)30)21(32)25(35)13(18(11)29)9-14(28)17(22(25)33)23(26)34/h4-5,11,13,18,29-31,33,35H,3,6-9H2,1-2H3,(H2,26,34)/t11-,13-,18+,25+/m1/s1. The number of Topliss-reactive ketones (excluding diaryl/α,β-unsaturated/α-hetero) is 2. The minimum Gasteiger partial charge on any atom is -0.508 e. The lowest BCUT2D eigenvalue weighted by atomic mass is 9.57. The van der Waals surface area contributed by atoms with Crippen LogP contribution in [0.25, 0.3) is 5.76 Å². The van der Waals surface area contributed by atoms with Gasteiger partial charge in [0.05, 0.1) is 18.2 Å². The van der Waals surface area contributed by atoms with Crippen LogP contribution in [0.3, 0.4) is 0 Å². The molecule has 11 heteroatoms. The van der Waals surface area contributed by atoms with Gasteiger partial charge in [0.2, 0.25) is 5.78 Å². The van der Waals surface area contributed by atoms with Crippen LogP contribution in [0, 0.1) is 16.7 Å². The van der Waals surface area contributed by atoms with E-state index in [1.54, 1.807) is 12.1 Å². The van der Waals surface area contributed by atoms with Crippen molar-refractivity contribution in [3.63, 3.8) is 0 Å². The van der Waals surface area contributed by atoms with E-state index >= 15 is 0 Å². The van der Waals surface area contributed by atoms with E-state index in [1.807, 2.05) is 13.8 Å². The first-order valence-electron chi connectivity index (χ1n) is 11.6. The predicted molar refractivity (Wildman–Crippen MR) is 126 cm³/mol. The molecule has 0 aliphatic heterocycles. The largest absolute Gasteiger partial charge is 0.508 e. The van der Waals surface area contributed by atoms with Crippen LogP contribution < -0.4 is 5.73 Å². The van der Waals surface area contributed by atoms with E-state index < -0.39 is 75.5 Å². The van der Waals surface area contributed by atoms with Crippen molar-refractivity contribution in [2.45, 2.75) is 56.7 Å². The van der Waals surface area contributed by atoms with Crippen LogP contribution in [-0.4, -0.2) is 61.3 Å². The van der Waals surface area contributed by atoms with Gasteiger partial charge in [-0.15, -0.1) is 0 Å². The number of nitrogens with zero attached hydrogens (tertiary/aromatic N) is 1. The molecule has 7 N–H and O–H groups in total. The van der Waals surface area contributed by atoms with Gasteiger partial charge in [0, 0.05) is 29.4 Å². The summed E-state index contributed by atoms with van der Waals surface area (Å²) in [4.78, 5) is 48.2. The van der Waals surface area contributed by atoms with Gasteiger partial charge in [-0.05, 0) is 30.2 Å².